The summed E-state index contributed by atoms with van der Waals surface area (Å²) in [6.45, 7) is 4.61. The molecule has 1 unspecified atom stereocenters. The Bertz CT molecular complexity index is 678. The summed E-state index contributed by atoms with van der Waals surface area (Å²) in [6.07, 6.45) is 3.14. The molecule has 6 nitrogen and oxygen atoms in total. The molecular weight excluding hydrogens is 398 g/mol. The molecule has 1 aromatic carbocycles. The van der Waals surface area contributed by atoms with Gasteiger partial charge in [-0.1, -0.05) is 28.9 Å². The molecule has 26 heavy (non-hydrogen) atoms. The summed E-state index contributed by atoms with van der Waals surface area (Å²) in [7, 11) is 0. The molecule has 0 spiro atoms. The highest BCUT2D eigenvalue weighted by molar-refractivity contribution is 9.10. The van der Waals surface area contributed by atoms with Crippen molar-refractivity contribution in [1.29, 1.82) is 0 Å². The lowest BCUT2D eigenvalue weighted by Gasteiger charge is -2.34. The van der Waals surface area contributed by atoms with Crippen molar-refractivity contribution in [3.63, 3.8) is 0 Å². The normalized spacial score (nSPS) is 16.9. The van der Waals surface area contributed by atoms with Gasteiger partial charge in [0, 0.05) is 36.1 Å². The summed E-state index contributed by atoms with van der Waals surface area (Å²) in [6, 6.07) is 5.27. The minimum atomic E-state index is -0.411. The van der Waals surface area contributed by atoms with E-state index in [0.29, 0.717) is 19.4 Å². The molecule has 2 rings (SSSR count). The zero-order valence-corrected chi connectivity index (χ0v) is 16.9. The SMILES string of the molecule is CCC(=O)N1CCCCC1C(=O)NCCC(=O)Nc1cc(Br)ccc1C. The molecule has 7 heteroatoms. The number of hydrogen-bond donors (Lipinski definition) is 2. The lowest BCUT2D eigenvalue weighted by molar-refractivity contribution is -0.142. The van der Waals surface area contributed by atoms with E-state index in [4.69, 9.17) is 0 Å². The number of likely N-dealkylation sites (tertiary alicyclic amines) is 1. The molecule has 142 valence electrons. The minimum absolute atomic E-state index is 0.00715. The first-order valence-corrected chi connectivity index (χ1v) is 9.85. The molecule has 1 heterocycles. The molecule has 0 aliphatic carbocycles. The van der Waals surface area contributed by atoms with Gasteiger partial charge in [-0.15, -0.1) is 0 Å². The van der Waals surface area contributed by atoms with Gasteiger partial charge < -0.3 is 15.5 Å². The van der Waals surface area contributed by atoms with Crippen molar-refractivity contribution < 1.29 is 14.4 Å². The van der Waals surface area contributed by atoms with Gasteiger partial charge in [-0.25, -0.2) is 0 Å². The van der Waals surface area contributed by atoms with Crippen LogP contribution in [0.25, 0.3) is 0 Å². The van der Waals surface area contributed by atoms with Crippen molar-refractivity contribution in [3.05, 3.63) is 28.2 Å². The van der Waals surface area contributed by atoms with E-state index in [1.807, 2.05) is 25.1 Å². The highest BCUT2D eigenvalue weighted by Gasteiger charge is 2.30. The number of benzene rings is 1. The third-order valence-electron chi connectivity index (χ3n) is 4.55. The number of halogens is 1. The number of hydrogen-bond acceptors (Lipinski definition) is 3. The van der Waals surface area contributed by atoms with Gasteiger partial charge in [0.05, 0.1) is 0 Å². The Labute approximate surface area is 162 Å². The number of nitrogens with zero attached hydrogens (tertiary/aromatic N) is 1. The average Bonchev–Trinajstić information content (AvgIpc) is 2.64. The van der Waals surface area contributed by atoms with E-state index in [1.54, 1.807) is 11.8 Å². The summed E-state index contributed by atoms with van der Waals surface area (Å²) in [5, 5.41) is 5.66. The van der Waals surface area contributed by atoms with E-state index >= 15 is 0 Å². The average molecular weight is 424 g/mol. The van der Waals surface area contributed by atoms with Crippen molar-refractivity contribution in [2.24, 2.45) is 0 Å². The Hall–Kier alpha value is -1.89. The Kier molecular flexibility index (Phi) is 7.63. The van der Waals surface area contributed by atoms with Crippen molar-refractivity contribution in [3.8, 4) is 0 Å². The van der Waals surface area contributed by atoms with Gasteiger partial charge in [0.15, 0.2) is 0 Å². The number of carbonyl (C=O) groups excluding carboxylic acids is 3. The summed E-state index contributed by atoms with van der Waals surface area (Å²) >= 11 is 3.38. The lowest BCUT2D eigenvalue weighted by atomic mass is 10.0. The summed E-state index contributed by atoms with van der Waals surface area (Å²) in [5.41, 5.74) is 1.73. The molecule has 1 aromatic rings. The number of anilines is 1. The van der Waals surface area contributed by atoms with E-state index in [0.717, 1.165) is 28.6 Å². The van der Waals surface area contributed by atoms with Gasteiger partial charge in [-0.2, -0.15) is 0 Å². The second-order valence-corrected chi connectivity index (χ2v) is 7.42. The van der Waals surface area contributed by atoms with Crippen molar-refractivity contribution >= 4 is 39.3 Å². The molecule has 1 fully saturated rings. The Morgan fingerprint density at radius 2 is 2.04 bits per heavy atom. The highest BCUT2D eigenvalue weighted by atomic mass is 79.9. The third kappa shape index (κ3) is 5.56. The summed E-state index contributed by atoms with van der Waals surface area (Å²) in [5.74, 6) is -0.317. The predicted octanol–water partition coefficient (Wildman–Crippen LogP) is 2.99. The van der Waals surface area contributed by atoms with Crippen molar-refractivity contribution in [2.75, 3.05) is 18.4 Å². The highest BCUT2D eigenvalue weighted by Crippen LogP contribution is 2.21. The van der Waals surface area contributed by atoms with E-state index in [-0.39, 0.29) is 30.7 Å². The van der Waals surface area contributed by atoms with Crippen LogP contribution < -0.4 is 10.6 Å². The zero-order valence-electron chi connectivity index (χ0n) is 15.3. The van der Waals surface area contributed by atoms with Crippen LogP contribution in [0.15, 0.2) is 22.7 Å². The van der Waals surface area contributed by atoms with Gasteiger partial charge >= 0.3 is 0 Å². The number of carbonyl (C=O) groups is 3. The number of piperidine rings is 1. The van der Waals surface area contributed by atoms with Gasteiger partial charge in [-0.05, 0) is 43.9 Å². The molecule has 0 radical (unpaired) electrons. The van der Waals surface area contributed by atoms with E-state index in [1.165, 1.54) is 0 Å². The fourth-order valence-electron chi connectivity index (χ4n) is 3.06. The Morgan fingerprint density at radius 3 is 2.77 bits per heavy atom. The van der Waals surface area contributed by atoms with E-state index in [9.17, 15) is 14.4 Å². The number of aryl methyl sites for hydroxylation is 1. The standard InChI is InChI=1S/C19H26BrN3O3/c1-3-18(25)23-11-5-4-6-16(23)19(26)21-10-9-17(24)22-15-12-14(20)8-7-13(15)2/h7-8,12,16H,3-6,9-11H2,1-2H3,(H,21,26)(H,22,24). The molecule has 1 aliphatic heterocycles. The first-order chi connectivity index (χ1) is 12.4. The second-order valence-electron chi connectivity index (χ2n) is 6.50. The van der Waals surface area contributed by atoms with E-state index in [2.05, 4.69) is 26.6 Å². The molecule has 3 amide bonds. The van der Waals surface area contributed by atoms with Crippen LogP contribution in [0.4, 0.5) is 5.69 Å². The van der Waals surface area contributed by atoms with Crippen LogP contribution >= 0.6 is 15.9 Å². The first-order valence-electron chi connectivity index (χ1n) is 9.05. The molecule has 2 N–H and O–H groups in total. The smallest absolute Gasteiger partial charge is 0.242 e. The van der Waals surface area contributed by atoms with Crippen LogP contribution in [0.2, 0.25) is 0 Å². The van der Waals surface area contributed by atoms with Crippen molar-refractivity contribution in [1.82, 2.24) is 10.2 Å². The summed E-state index contributed by atoms with van der Waals surface area (Å²) < 4.78 is 0.893. The van der Waals surface area contributed by atoms with Gasteiger partial charge in [-0.3, -0.25) is 14.4 Å². The van der Waals surface area contributed by atoms with Crippen molar-refractivity contribution in [2.45, 2.75) is 52.0 Å². The fourth-order valence-corrected chi connectivity index (χ4v) is 3.43. The van der Waals surface area contributed by atoms with Gasteiger partial charge in [0.25, 0.3) is 0 Å². The third-order valence-corrected chi connectivity index (χ3v) is 5.05. The monoisotopic (exact) mass is 423 g/mol. The topological polar surface area (TPSA) is 78.5 Å². The minimum Gasteiger partial charge on any atom is -0.354 e. The quantitative estimate of drug-likeness (QED) is 0.737. The van der Waals surface area contributed by atoms with Gasteiger partial charge in [0.2, 0.25) is 17.7 Å². The van der Waals surface area contributed by atoms with Gasteiger partial charge in [0.1, 0.15) is 6.04 Å². The largest absolute Gasteiger partial charge is 0.354 e. The molecule has 1 atom stereocenters. The van der Waals surface area contributed by atoms with Crippen LogP contribution in [0.3, 0.4) is 0 Å². The lowest BCUT2D eigenvalue weighted by Crippen LogP contribution is -2.52. The Morgan fingerprint density at radius 1 is 1.27 bits per heavy atom. The number of rotatable bonds is 6. The fraction of sp³-hybridized carbons (Fsp3) is 0.526. The molecule has 0 bridgehead atoms. The van der Waals surface area contributed by atoms with Crippen LogP contribution in [0.5, 0.6) is 0 Å². The second kappa shape index (κ2) is 9.71. The maximum absolute atomic E-state index is 12.4. The van der Waals surface area contributed by atoms with Crippen LogP contribution in [-0.2, 0) is 14.4 Å². The summed E-state index contributed by atoms with van der Waals surface area (Å²) in [4.78, 5) is 38.2. The molecule has 1 aliphatic rings. The molecule has 0 saturated carbocycles. The predicted molar refractivity (Wildman–Crippen MR) is 105 cm³/mol. The Balaban J connectivity index is 1.82. The van der Waals surface area contributed by atoms with Crippen LogP contribution in [-0.4, -0.2) is 41.8 Å². The zero-order chi connectivity index (χ0) is 19.1. The first kappa shape index (κ1) is 20.4. The molecule has 0 aromatic heterocycles. The number of nitrogens with one attached hydrogen (secondary N) is 2. The number of amides is 3. The molecule has 1 saturated heterocycles. The maximum atomic E-state index is 12.4. The maximum Gasteiger partial charge on any atom is 0.242 e. The van der Waals surface area contributed by atoms with Crippen LogP contribution in [0.1, 0.15) is 44.6 Å². The van der Waals surface area contributed by atoms with Crippen LogP contribution in [0, 0.1) is 6.92 Å². The molecular formula is C19H26BrN3O3. The van der Waals surface area contributed by atoms with E-state index < -0.39 is 6.04 Å².